The van der Waals surface area contributed by atoms with Crippen LogP contribution in [0.25, 0.3) is 0 Å². The molecule has 0 aromatic rings. The molecular weight excluding hydrogens is 200 g/mol. The van der Waals surface area contributed by atoms with Gasteiger partial charge in [-0.1, -0.05) is 27.2 Å². The first-order valence-electron chi connectivity index (χ1n) is 6.66. The fourth-order valence-electron chi connectivity index (χ4n) is 1.68. The SMILES string of the molecule is CCC(C)CN(CC)CCCNCCOC. The minimum absolute atomic E-state index is 0.810. The molecule has 1 N–H and O–H groups in total. The molecule has 0 radical (unpaired) electrons. The Morgan fingerprint density at radius 1 is 1.25 bits per heavy atom. The highest BCUT2D eigenvalue weighted by Crippen LogP contribution is 2.04. The fourth-order valence-corrected chi connectivity index (χ4v) is 1.68. The van der Waals surface area contributed by atoms with Crippen molar-refractivity contribution in [3.63, 3.8) is 0 Å². The molecule has 1 unspecified atom stereocenters. The van der Waals surface area contributed by atoms with Crippen LogP contribution in [0, 0.1) is 5.92 Å². The number of rotatable bonds is 11. The van der Waals surface area contributed by atoms with Crippen LogP contribution in [0.2, 0.25) is 0 Å². The third-order valence-electron chi connectivity index (χ3n) is 3.02. The summed E-state index contributed by atoms with van der Waals surface area (Å²) in [6.07, 6.45) is 2.51. The highest BCUT2D eigenvalue weighted by atomic mass is 16.5. The van der Waals surface area contributed by atoms with Crippen molar-refractivity contribution in [3.05, 3.63) is 0 Å². The van der Waals surface area contributed by atoms with Crippen molar-refractivity contribution >= 4 is 0 Å². The maximum atomic E-state index is 4.98. The molecule has 16 heavy (non-hydrogen) atoms. The van der Waals surface area contributed by atoms with Gasteiger partial charge >= 0.3 is 0 Å². The van der Waals surface area contributed by atoms with Gasteiger partial charge in [-0.05, 0) is 32.0 Å². The summed E-state index contributed by atoms with van der Waals surface area (Å²) in [6.45, 7) is 13.3. The van der Waals surface area contributed by atoms with Crippen LogP contribution in [-0.2, 0) is 4.74 Å². The van der Waals surface area contributed by atoms with Gasteiger partial charge in [-0.15, -0.1) is 0 Å². The topological polar surface area (TPSA) is 24.5 Å². The van der Waals surface area contributed by atoms with E-state index in [0.29, 0.717) is 0 Å². The van der Waals surface area contributed by atoms with Crippen LogP contribution >= 0.6 is 0 Å². The lowest BCUT2D eigenvalue weighted by Gasteiger charge is -2.23. The number of nitrogens with zero attached hydrogens (tertiary/aromatic N) is 1. The monoisotopic (exact) mass is 230 g/mol. The zero-order valence-corrected chi connectivity index (χ0v) is 11.6. The summed E-state index contributed by atoms with van der Waals surface area (Å²) in [5.41, 5.74) is 0. The predicted octanol–water partition coefficient (Wildman–Crippen LogP) is 1.98. The molecule has 0 aliphatic heterocycles. The van der Waals surface area contributed by atoms with E-state index in [1.165, 1.54) is 32.5 Å². The van der Waals surface area contributed by atoms with Gasteiger partial charge < -0.3 is 15.0 Å². The molecule has 3 nitrogen and oxygen atoms in total. The maximum Gasteiger partial charge on any atom is 0.0587 e. The van der Waals surface area contributed by atoms with Gasteiger partial charge in [0.05, 0.1) is 6.61 Å². The van der Waals surface area contributed by atoms with Gasteiger partial charge in [0.2, 0.25) is 0 Å². The highest BCUT2D eigenvalue weighted by molar-refractivity contribution is 4.61. The molecule has 0 aliphatic rings. The van der Waals surface area contributed by atoms with Crippen molar-refractivity contribution < 1.29 is 4.74 Å². The first-order chi connectivity index (χ1) is 7.74. The molecule has 0 rings (SSSR count). The number of hydrogen-bond donors (Lipinski definition) is 1. The second-order valence-corrected chi connectivity index (χ2v) is 4.50. The van der Waals surface area contributed by atoms with Crippen molar-refractivity contribution in [2.75, 3.05) is 46.4 Å². The molecule has 0 spiro atoms. The van der Waals surface area contributed by atoms with E-state index in [1.54, 1.807) is 7.11 Å². The Labute approximate surface area is 102 Å². The van der Waals surface area contributed by atoms with E-state index in [9.17, 15) is 0 Å². The van der Waals surface area contributed by atoms with E-state index < -0.39 is 0 Å². The van der Waals surface area contributed by atoms with Crippen LogP contribution < -0.4 is 5.32 Å². The van der Waals surface area contributed by atoms with E-state index in [4.69, 9.17) is 4.74 Å². The first kappa shape index (κ1) is 15.9. The van der Waals surface area contributed by atoms with E-state index in [1.807, 2.05) is 0 Å². The summed E-state index contributed by atoms with van der Waals surface area (Å²) in [5.74, 6) is 0.821. The average Bonchev–Trinajstić information content (AvgIpc) is 2.31. The minimum Gasteiger partial charge on any atom is -0.383 e. The van der Waals surface area contributed by atoms with Crippen LogP contribution in [-0.4, -0.2) is 51.3 Å². The molecule has 3 heteroatoms. The first-order valence-corrected chi connectivity index (χ1v) is 6.66. The van der Waals surface area contributed by atoms with Gasteiger partial charge in [0, 0.05) is 20.2 Å². The van der Waals surface area contributed by atoms with Crippen LogP contribution in [0.15, 0.2) is 0 Å². The molecule has 98 valence electrons. The molecule has 1 atom stereocenters. The normalized spacial score (nSPS) is 13.3. The number of hydrogen-bond acceptors (Lipinski definition) is 3. The molecule has 0 aromatic heterocycles. The Balaban J connectivity index is 3.40. The van der Waals surface area contributed by atoms with Gasteiger partial charge in [-0.3, -0.25) is 0 Å². The Morgan fingerprint density at radius 2 is 2.00 bits per heavy atom. The fraction of sp³-hybridized carbons (Fsp3) is 1.00. The van der Waals surface area contributed by atoms with Crippen LogP contribution in [0.1, 0.15) is 33.6 Å². The molecule has 0 saturated heterocycles. The lowest BCUT2D eigenvalue weighted by Crippen LogP contribution is -2.31. The molecule has 0 bridgehead atoms. The Hall–Kier alpha value is -0.120. The van der Waals surface area contributed by atoms with Gasteiger partial charge in [0.15, 0.2) is 0 Å². The molecule has 0 saturated carbocycles. The van der Waals surface area contributed by atoms with E-state index in [2.05, 4.69) is 31.0 Å². The molecule has 0 fully saturated rings. The Bertz CT molecular complexity index is 142. The third kappa shape index (κ3) is 9.13. The van der Waals surface area contributed by atoms with Crippen molar-refractivity contribution in [1.82, 2.24) is 10.2 Å². The summed E-state index contributed by atoms with van der Waals surface area (Å²) >= 11 is 0. The van der Waals surface area contributed by atoms with E-state index in [0.717, 1.165) is 25.6 Å². The maximum absolute atomic E-state index is 4.98. The van der Waals surface area contributed by atoms with Crippen molar-refractivity contribution in [3.8, 4) is 0 Å². The van der Waals surface area contributed by atoms with Gasteiger partial charge in [-0.2, -0.15) is 0 Å². The summed E-state index contributed by atoms with van der Waals surface area (Å²) in [5, 5.41) is 3.38. The summed E-state index contributed by atoms with van der Waals surface area (Å²) in [4.78, 5) is 2.55. The lowest BCUT2D eigenvalue weighted by atomic mass is 10.1. The highest BCUT2D eigenvalue weighted by Gasteiger charge is 2.06. The number of nitrogens with one attached hydrogen (secondary N) is 1. The Kier molecular flexibility index (Phi) is 11.3. The molecule has 0 aromatic carbocycles. The van der Waals surface area contributed by atoms with Crippen LogP contribution in [0.4, 0.5) is 0 Å². The zero-order valence-electron chi connectivity index (χ0n) is 11.6. The number of ether oxygens (including phenoxy) is 1. The van der Waals surface area contributed by atoms with Gasteiger partial charge in [-0.25, -0.2) is 0 Å². The zero-order chi connectivity index (χ0) is 12.2. The predicted molar refractivity (Wildman–Crippen MR) is 70.9 cm³/mol. The van der Waals surface area contributed by atoms with Gasteiger partial charge in [0.1, 0.15) is 0 Å². The molecule has 0 heterocycles. The van der Waals surface area contributed by atoms with Crippen molar-refractivity contribution in [2.24, 2.45) is 5.92 Å². The summed E-state index contributed by atoms with van der Waals surface area (Å²) < 4.78 is 4.98. The van der Waals surface area contributed by atoms with Crippen LogP contribution in [0.5, 0.6) is 0 Å². The summed E-state index contributed by atoms with van der Waals surface area (Å²) in [7, 11) is 1.74. The minimum atomic E-state index is 0.810. The molecule has 0 amide bonds. The molecular formula is C13H30N2O. The quantitative estimate of drug-likeness (QED) is 0.549. The summed E-state index contributed by atoms with van der Waals surface area (Å²) in [6, 6.07) is 0. The number of methoxy groups -OCH3 is 1. The van der Waals surface area contributed by atoms with Crippen LogP contribution in [0.3, 0.4) is 0 Å². The standard InChI is InChI=1S/C13H30N2O/c1-5-13(3)12-15(6-2)10-7-8-14-9-11-16-4/h13-14H,5-12H2,1-4H3. The largest absolute Gasteiger partial charge is 0.383 e. The average molecular weight is 230 g/mol. The van der Waals surface area contributed by atoms with Crippen molar-refractivity contribution in [2.45, 2.75) is 33.6 Å². The third-order valence-corrected chi connectivity index (χ3v) is 3.02. The van der Waals surface area contributed by atoms with Crippen molar-refractivity contribution in [1.29, 1.82) is 0 Å². The van der Waals surface area contributed by atoms with Gasteiger partial charge in [0.25, 0.3) is 0 Å². The molecule has 0 aliphatic carbocycles. The second-order valence-electron chi connectivity index (χ2n) is 4.50. The van der Waals surface area contributed by atoms with E-state index >= 15 is 0 Å². The second kappa shape index (κ2) is 11.4. The smallest absolute Gasteiger partial charge is 0.0587 e. The van der Waals surface area contributed by atoms with E-state index in [-0.39, 0.29) is 0 Å². The lowest BCUT2D eigenvalue weighted by molar-refractivity contribution is 0.197. The Morgan fingerprint density at radius 3 is 2.56 bits per heavy atom.